The number of hydrogen-bond donors (Lipinski definition) is 1. The topological polar surface area (TPSA) is 69.6 Å². The first-order valence-corrected chi connectivity index (χ1v) is 7.02. The summed E-state index contributed by atoms with van der Waals surface area (Å²) in [6.45, 7) is 2.12. The molecule has 5 nitrogen and oxygen atoms in total. The van der Waals surface area contributed by atoms with Crippen LogP contribution >= 0.6 is 0 Å². The molecule has 2 aromatic rings. The summed E-state index contributed by atoms with van der Waals surface area (Å²) < 4.78 is 15.2. The molecule has 106 valence electrons. The second-order valence-corrected chi connectivity index (χ2v) is 5.42. The van der Waals surface area contributed by atoms with E-state index in [1.54, 1.807) is 10.7 Å². The summed E-state index contributed by atoms with van der Waals surface area (Å²) in [6, 6.07) is 4.52. The van der Waals surface area contributed by atoms with Crippen molar-refractivity contribution >= 4 is 5.69 Å². The maximum absolute atomic E-state index is 13.4. The minimum Gasteiger partial charge on any atom is -0.398 e. The Kier molecular flexibility index (Phi) is 3.38. The Bertz CT molecular complexity index is 605. The first kappa shape index (κ1) is 13.0. The van der Waals surface area contributed by atoms with Gasteiger partial charge in [0.05, 0.1) is 6.04 Å². The first-order valence-electron chi connectivity index (χ1n) is 7.02. The minimum absolute atomic E-state index is 0.246. The van der Waals surface area contributed by atoms with Crippen molar-refractivity contribution in [3.63, 3.8) is 0 Å². The molecule has 6 heteroatoms. The third kappa shape index (κ3) is 2.50. The fourth-order valence-electron chi connectivity index (χ4n) is 2.52. The molecule has 1 saturated carbocycles. The fourth-order valence-corrected chi connectivity index (χ4v) is 2.52. The lowest BCUT2D eigenvalue weighted by atomic mass is 10.1. The molecular formula is C14H18FN5. The summed E-state index contributed by atoms with van der Waals surface area (Å²) in [7, 11) is 0. The first-order chi connectivity index (χ1) is 9.69. The summed E-state index contributed by atoms with van der Waals surface area (Å²) >= 11 is 0. The molecule has 20 heavy (non-hydrogen) atoms. The van der Waals surface area contributed by atoms with Crippen molar-refractivity contribution in [1.82, 2.24) is 20.2 Å². The normalized spacial score (nSPS) is 16.3. The Morgan fingerprint density at radius 3 is 2.95 bits per heavy atom. The second-order valence-electron chi connectivity index (χ2n) is 5.42. The van der Waals surface area contributed by atoms with Gasteiger partial charge in [0.1, 0.15) is 5.82 Å². The summed E-state index contributed by atoms with van der Waals surface area (Å²) in [5.74, 6) is 0.996. The summed E-state index contributed by atoms with van der Waals surface area (Å²) in [5.41, 5.74) is 6.98. The highest BCUT2D eigenvalue weighted by Gasteiger charge is 2.28. The zero-order valence-electron chi connectivity index (χ0n) is 11.5. The van der Waals surface area contributed by atoms with Crippen molar-refractivity contribution in [2.45, 2.75) is 38.6 Å². The molecule has 0 radical (unpaired) electrons. The minimum atomic E-state index is -0.334. The average molecular weight is 275 g/mol. The van der Waals surface area contributed by atoms with Crippen LogP contribution in [0.2, 0.25) is 0 Å². The van der Waals surface area contributed by atoms with Gasteiger partial charge in [-0.1, -0.05) is 19.8 Å². The van der Waals surface area contributed by atoms with E-state index < -0.39 is 0 Å². The van der Waals surface area contributed by atoms with Gasteiger partial charge in [0.2, 0.25) is 0 Å². The number of halogens is 1. The fraction of sp³-hybridized carbons (Fsp3) is 0.500. The van der Waals surface area contributed by atoms with Crippen LogP contribution in [-0.4, -0.2) is 20.2 Å². The quantitative estimate of drug-likeness (QED) is 0.852. The predicted molar refractivity (Wildman–Crippen MR) is 74.3 cm³/mol. The Morgan fingerprint density at radius 2 is 2.25 bits per heavy atom. The highest BCUT2D eigenvalue weighted by Crippen LogP contribution is 2.38. The lowest BCUT2D eigenvalue weighted by molar-refractivity contribution is 0.388. The number of aromatic nitrogens is 4. The molecule has 1 fully saturated rings. The van der Waals surface area contributed by atoms with Gasteiger partial charge in [-0.3, -0.25) is 0 Å². The SMILES string of the molecule is CCC(CC1CC1)n1nnnc1-c1cc(F)ccc1N. The van der Waals surface area contributed by atoms with Crippen LogP contribution in [0.5, 0.6) is 0 Å². The molecule has 1 atom stereocenters. The van der Waals surface area contributed by atoms with Gasteiger partial charge in [-0.15, -0.1) is 5.10 Å². The van der Waals surface area contributed by atoms with Crippen LogP contribution in [0.3, 0.4) is 0 Å². The van der Waals surface area contributed by atoms with E-state index in [0.717, 1.165) is 18.8 Å². The van der Waals surface area contributed by atoms with Crippen molar-refractivity contribution in [2.75, 3.05) is 5.73 Å². The van der Waals surface area contributed by atoms with Crippen molar-refractivity contribution in [1.29, 1.82) is 0 Å². The molecule has 0 amide bonds. The Morgan fingerprint density at radius 1 is 1.45 bits per heavy atom. The highest BCUT2D eigenvalue weighted by atomic mass is 19.1. The van der Waals surface area contributed by atoms with E-state index in [4.69, 9.17) is 5.73 Å². The van der Waals surface area contributed by atoms with Crippen LogP contribution in [0.15, 0.2) is 18.2 Å². The number of tetrazole rings is 1. The molecule has 1 aromatic carbocycles. The molecule has 1 aliphatic rings. The molecule has 0 bridgehead atoms. The van der Waals surface area contributed by atoms with E-state index >= 15 is 0 Å². The van der Waals surface area contributed by atoms with Crippen LogP contribution in [-0.2, 0) is 0 Å². The van der Waals surface area contributed by atoms with Crippen molar-refractivity contribution in [3.8, 4) is 11.4 Å². The molecule has 1 aromatic heterocycles. The number of rotatable bonds is 5. The van der Waals surface area contributed by atoms with Gasteiger partial charge < -0.3 is 5.73 Å². The standard InChI is InChI=1S/C14H18FN5/c1-2-11(7-9-3-4-9)20-14(17-18-19-20)12-8-10(15)5-6-13(12)16/h5-6,8-9,11H,2-4,7,16H2,1H3. The number of anilines is 1. The summed E-state index contributed by atoms with van der Waals surface area (Å²) in [6.07, 6.45) is 4.60. The van der Waals surface area contributed by atoms with E-state index in [0.29, 0.717) is 17.1 Å². The predicted octanol–water partition coefficient (Wildman–Crippen LogP) is 2.81. The Hall–Kier alpha value is -1.98. The maximum atomic E-state index is 13.4. The van der Waals surface area contributed by atoms with Crippen LogP contribution in [0, 0.1) is 11.7 Å². The molecular weight excluding hydrogens is 257 g/mol. The molecule has 2 N–H and O–H groups in total. The third-order valence-corrected chi connectivity index (χ3v) is 3.87. The average Bonchev–Trinajstić information content (AvgIpc) is 3.14. The zero-order chi connectivity index (χ0) is 14.1. The number of benzene rings is 1. The van der Waals surface area contributed by atoms with Gasteiger partial charge in [0.25, 0.3) is 0 Å². The van der Waals surface area contributed by atoms with E-state index in [1.165, 1.54) is 25.0 Å². The largest absolute Gasteiger partial charge is 0.398 e. The van der Waals surface area contributed by atoms with E-state index in [1.807, 2.05) is 0 Å². The smallest absolute Gasteiger partial charge is 0.184 e. The zero-order valence-corrected chi connectivity index (χ0v) is 11.5. The van der Waals surface area contributed by atoms with E-state index in [-0.39, 0.29) is 11.9 Å². The maximum Gasteiger partial charge on any atom is 0.184 e. The van der Waals surface area contributed by atoms with E-state index in [2.05, 4.69) is 22.4 Å². The number of hydrogen-bond acceptors (Lipinski definition) is 4. The number of nitrogens with two attached hydrogens (primary N) is 1. The van der Waals surface area contributed by atoms with Crippen molar-refractivity contribution in [2.24, 2.45) is 5.92 Å². The van der Waals surface area contributed by atoms with Crippen molar-refractivity contribution in [3.05, 3.63) is 24.0 Å². The van der Waals surface area contributed by atoms with Crippen LogP contribution in [0.25, 0.3) is 11.4 Å². The molecule has 1 heterocycles. The number of nitrogens with zero attached hydrogens (tertiary/aromatic N) is 4. The molecule has 1 aliphatic carbocycles. The van der Waals surface area contributed by atoms with Crippen LogP contribution < -0.4 is 5.73 Å². The van der Waals surface area contributed by atoms with Crippen LogP contribution in [0.1, 0.15) is 38.6 Å². The van der Waals surface area contributed by atoms with Gasteiger partial charge in [-0.2, -0.15) is 0 Å². The van der Waals surface area contributed by atoms with Gasteiger partial charge in [0.15, 0.2) is 5.82 Å². The van der Waals surface area contributed by atoms with Gasteiger partial charge in [-0.25, -0.2) is 9.07 Å². The van der Waals surface area contributed by atoms with Gasteiger partial charge >= 0.3 is 0 Å². The number of nitrogen functional groups attached to an aromatic ring is 1. The van der Waals surface area contributed by atoms with E-state index in [9.17, 15) is 4.39 Å². The lowest BCUT2D eigenvalue weighted by Gasteiger charge is -2.16. The van der Waals surface area contributed by atoms with Crippen LogP contribution in [0.4, 0.5) is 10.1 Å². The molecule has 0 spiro atoms. The second kappa shape index (κ2) is 5.19. The summed E-state index contributed by atoms with van der Waals surface area (Å²) in [5, 5.41) is 11.9. The third-order valence-electron chi connectivity index (χ3n) is 3.87. The monoisotopic (exact) mass is 275 g/mol. The molecule has 0 saturated heterocycles. The Balaban J connectivity index is 1.97. The molecule has 3 rings (SSSR count). The Labute approximate surface area is 117 Å². The van der Waals surface area contributed by atoms with Crippen molar-refractivity contribution < 1.29 is 4.39 Å². The summed E-state index contributed by atoms with van der Waals surface area (Å²) in [4.78, 5) is 0. The lowest BCUT2D eigenvalue weighted by Crippen LogP contribution is -2.13. The van der Waals surface area contributed by atoms with Gasteiger partial charge in [0, 0.05) is 11.3 Å². The van der Waals surface area contributed by atoms with Gasteiger partial charge in [-0.05, 0) is 47.4 Å². The molecule has 1 unspecified atom stereocenters. The molecule has 0 aliphatic heterocycles. The highest BCUT2D eigenvalue weighted by molar-refractivity contribution is 5.71.